The summed E-state index contributed by atoms with van der Waals surface area (Å²) < 4.78 is 5.41. The van der Waals surface area contributed by atoms with Crippen LogP contribution in [0.25, 0.3) is 0 Å². The van der Waals surface area contributed by atoms with E-state index in [2.05, 4.69) is 39.2 Å². The number of ether oxygens (including phenoxy) is 1. The van der Waals surface area contributed by atoms with E-state index in [-0.39, 0.29) is 0 Å². The average Bonchev–Trinajstić information content (AvgIpc) is 2.36. The molecule has 0 spiro atoms. The van der Waals surface area contributed by atoms with Gasteiger partial charge in [-0.3, -0.25) is 0 Å². The first-order valence-electron chi connectivity index (χ1n) is 6.08. The summed E-state index contributed by atoms with van der Waals surface area (Å²) in [6, 6.07) is 0. The highest BCUT2D eigenvalue weighted by molar-refractivity contribution is 5.64. The highest BCUT2D eigenvalue weighted by atomic mass is 16.5. The Balaban J connectivity index is 2.89. The van der Waals surface area contributed by atoms with E-state index in [0.29, 0.717) is 5.75 Å². The number of anilines is 2. The first kappa shape index (κ1) is 14.5. The molecule has 0 saturated carbocycles. The molecule has 1 N–H and O–H groups in total. The largest absolute Gasteiger partial charge is 0.490 e. The van der Waals surface area contributed by atoms with Crippen molar-refractivity contribution in [3.63, 3.8) is 0 Å². The van der Waals surface area contributed by atoms with Gasteiger partial charge >= 0.3 is 0 Å². The van der Waals surface area contributed by atoms with Crippen molar-refractivity contribution in [3.8, 4) is 5.75 Å². The van der Waals surface area contributed by atoms with Crippen LogP contribution in [0.5, 0.6) is 5.75 Å². The zero-order chi connectivity index (χ0) is 13.5. The Kier molecular flexibility index (Phi) is 5.64. The quantitative estimate of drug-likeness (QED) is 0.779. The minimum atomic E-state index is 0.695. The third kappa shape index (κ3) is 3.73. The lowest BCUT2D eigenvalue weighted by molar-refractivity contribution is 0.404. The molecule has 1 heterocycles. The van der Waals surface area contributed by atoms with Crippen LogP contribution in [0, 0.1) is 0 Å². The summed E-state index contributed by atoms with van der Waals surface area (Å²) in [4.78, 5) is 12.7. The Bertz CT molecular complexity index is 369. The minimum Gasteiger partial charge on any atom is -0.490 e. The number of likely N-dealkylation sites (N-methyl/N-ethyl adjacent to an activating group) is 2. The highest BCUT2D eigenvalue weighted by Gasteiger charge is 2.15. The molecule has 0 bridgehead atoms. The van der Waals surface area contributed by atoms with E-state index in [1.54, 1.807) is 13.4 Å². The van der Waals surface area contributed by atoms with Crippen molar-refractivity contribution in [1.29, 1.82) is 0 Å². The number of nitrogens with one attached hydrogen (secondary N) is 1. The van der Waals surface area contributed by atoms with E-state index in [1.807, 2.05) is 14.0 Å². The molecule has 6 heteroatoms. The lowest BCUT2D eigenvalue weighted by Crippen LogP contribution is -2.29. The van der Waals surface area contributed by atoms with Gasteiger partial charge in [-0.2, -0.15) is 0 Å². The Hall–Kier alpha value is -1.56. The Morgan fingerprint density at radius 2 is 1.94 bits per heavy atom. The highest BCUT2D eigenvalue weighted by Crippen LogP contribution is 2.30. The second kappa shape index (κ2) is 7.00. The second-order valence-corrected chi connectivity index (χ2v) is 4.33. The van der Waals surface area contributed by atoms with Gasteiger partial charge in [0.25, 0.3) is 0 Å². The first-order valence-corrected chi connectivity index (χ1v) is 6.08. The van der Waals surface area contributed by atoms with Crippen molar-refractivity contribution >= 4 is 11.6 Å². The van der Waals surface area contributed by atoms with Crippen molar-refractivity contribution in [1.82, 2.24) is 14.9 Å². The summed E-state index contributed by atoms with van der Waals surface area (Å²) in [6.45, 7) is 4.66. The van der Waals surface area contributed by atoms with Gasteiger partial charge in [-0.1, -0.05) is 0 Å². The van der Waals surface area contributed by atoms with E-state index >= 15 is 0 Å². The van der Waals surface area contributed by atoms with E-state index in [4.69, 9.17) is 4.74 Å². The van der Waals surface area contributed by atoms with Crippen LogP contribution in [0.2, 0.25) is 0 Å². The standard InChI is InChI=1S/C12H23N5O/c1-6-13-11-10(18-5)12(15-9-14-11)17(4)8-7-16(2)3/h9H,6-8H2,1-5H3,(H,13,14,15). The van der Waals surface area contributed by atoms with Gasteiger partial charge in [0.2, 0.25) is 5.75 Å². The molecular formula is C12H23N5O. The summed E-state index contributed by atoms with van der Waals surface area (Å²) in [6.07, 6.45) is 1.56. The van der Waals surface area contributed by atoms with Crippen molar-refractivity contribution in [2.24, 2.45) is 0 Å². The lowest BCUT2D eigenvalue weighted by Gasteiger charge is -2.23. The van der Waals surface area contributed by atoms with Crippen LogP contribution in [-0.2, 0) is 0 Å². The smallest absolute Gasteiger partial charge is 0.204 e. The van der Waals surface area contributed by atoms with Gasteiger partial charge in [-0.05, 0) is 21.0 Å². The van der Waals surface area contributed by atoms with Crippen LogP contribution in [0.1, 0.15) is 6.92 Å². The van der Waals surface area contributed by atoms with Crippen molar-refractivity contribution < 1.29 is 4.74 Å². The number of aromatic nitrogens is 2. The molecule has 0 aliphatic rings. The van der Waals surface area contributed by atoms with Gasteiger partial charge < -0.3 is 19.9 Å². The lowest BCUT2D eigenvalue weighted by atomic mass is 10.4. The molecule has 0 atom stereocenters. The van der Waals surface area contributed by atoms with Crippen LogP contribution in [-0.4, -0.2) is 62.8 Å². The maximum atomic E-state index is 5.41. The van der Waals surface area contributed by atoms with Gasteiger partial charge in [0, 0.05) is 26.7 Å². The fourth-order valence-corrected chi connectivity index (χ4v) is 1.57. The third-order valence-electron chi connectivity index (χ3n) is 2.58. The maximum Gasteiger partial charge on any atom is 0.204 e. The zero-order valence-corrected chi connectivity index (χ0v) is 11.9. The van der Waals surface area contributed by atoms with Crippen molar-refractivity contribution in [2.45, 2.75) is 6.92 Å². The Labute approximate surface area is 109 Å². The van der Waals surface area contributed by atoms with Crippen LogP contribution in [0.15, 0.2) is 6.33 Å². The molecule has 1 aromatic rings. The molecule has 0 unspecified atom stereocenters. The normalized spacial score (nSPS) is 10.6. The Morgan fingerprint density at radius 3 is 2.50 bits per heavy atom. The van der Waals surface area contributed by atoms with Crippen LogP contribution in [0.4, 0.5) is 11.6 Å². The summed E-state index contributed by atoms with van der Waals surface area (Å²) in [5.41, 5.74) is 0. The second-order valence-electron chi connectivity index (χ2n) is 4.33. The van der Waals surface area contributed by atoms with Crippen LogP contribution < -0.4 is 15.0 Å². The van der Waals surface area contributed by atoms with Crippen molar-refractivity contribution in [3.05, 3.63) is 6.33 Å². The van der Waals surface area contributed by atoms with E-state index in [0.717, 1.165) is 31.3 Å². The molecule has 0 aliphatic carbocycles. The molecule has 0 radical (unpaired) electrons. The van der Waals surface area contributed by atoms with E-state index in [9.17, 15) is 0 Å². The molecule has 0 aliphatic heterocycles. The number of hydrogen-bond donors (Lipinski definition) is 1. The molecule has 0 amide bonds. The molecule has 6 nitrogen and oxygen atoms in total. The number of rotatable bonds is 7. The number of hydrogen-bond acceptors (Lipinski definition) is 6. The SMILES string of the molecule is CCNc1ncnc(N(C)CCN(C)C)c1OC. The summed E-state index contributed by atoms with van der Waals surface area (Å²) in [5, 5.41) is 3.17. The molecule has 18 heavy (non-hydrogen) atoms. The predicted molar refractivity (Wildman–Crippen MR) is 74.6 cm³/mol. The molecule has 102 valence electrons. The number of methoxy groups -OCH3 is 1. The topological polar surface area (TPSA) is 53.5 Å². The molecular weight excluding hydrogens is 230 g/mol. The van der Waals surface area contributed by atoms with Gasteiger partial charge in [0.05, 0.1) is 7.11 Å². The molecule has 0 saturated heterocycles. The fraction of sp³-hybridized carbons (Fsp3) is 0.667. The number of nitrogens with zero attached hydrogens (tertiary/aromatic N) is 4. The van der Waals surface area contributed by atoms with Crippen molar-refractivity contribution in [2.75, 3.05) is 58.1 Å². The maximum absolute atomic E-state index is 5.41. The van der Waals surface area contributed by atoms with Gasteiger partial charge in [-0.15, -0.1) is 0 Å². The minimum absolute atomic E-state index is 0.695. The van der Waals surface area contributed by atoms with Gasteiger partial charge in [0.1, 0.15) is 6.33 Å². The third-order valence-corrected chi connectivity index (χ3v) is 2.58. The van der Waals surface area contributed by atoms with E-state index in [1.165, 1.54) is 0 Å². The monoisotopic (exact) mass is 253 g/mol. The Morgan fingerprint density at radius 1 is 1.22 bits per heavy atom. The van der Waals surface area contributed by atoms with Gasteiger partial charge in [0.15, 0.2) is 11.6 Å². The van der Waals surface area contributed by atoms with Crippen LogP contribution in [0.3, 0.4) is 0 Å². The first-order chi connectivity index (χ1) is 8.60. The summed E-state index contributed by atoms with van der Waals surface area (Å²) >= 11 is 0. The average molecular weight is 253 g/mol. The van der Waals surface area contributed by atoms with E-state index < -0.39 is 0 Å². The van der Waals surface area contributed by atoms with Crippen LogP contribution >= 0.6 is 0 Å². The fourth-order valence-electron chi connectivity index (χ4n) is 1.57. The molecule has 1 aromatic heterocycles. The molecule has 1 rings (SSSR count). The molecule has 0 fully saturated rings. The van der Waals surface area contributed by atoms with Gasteiger partial charge in [-0.25, -0.2) is 9.97 Å². The predicted octanol–water partition coefficient (Wildman–Crippen LogP) is 0.915. The summed E-state index contributed by atoms with van der Waals surface area (Å²) in [7, 11) is 7.75. The zero-order valence-electron chi connectivity index (χ0n) is 11.9. The summed E-state index contributed by atoms with van der Waals surface area (Å²) in [5.74, 6) is 2.24. The molecule has 0 aromatic carbocycles.